The zero-order valence-corrected chi connectivity index (χ0v) is 7.15. The zero-order chi connectivity index (χ0) is 8.11. The average Bonchev–Trinajstić information content (AvgIpc) is 2.13. The number of carbonyl (C=O) groups is 1. The summed E-state index contributed by atoms with van der Waals surface area (Å²) in [6.07, 6.45) is 5.76. The second-order valence-corrected chi connectivity index (χ2v) is 4.27. The van der Waals surface area contributed by atoms with Crippen LogP contribution in [0.2, 0.25) is 0 Å². The lowest BCUT2D eigenvalue weighted by Gasteiger charge is -2.52. The molecule has 2 atom stereocenters. The van der Waals surface area contributed by atoms with Gasteiger partial charge in [-0.2, -0.15) is 0 Å². The average molecular weight is 151 g/mol. The topological polar surface area (TPSA) is 17.1 Å². The highest BCUT2D eigenvalue weighted by atomic mass is 16.1. The normalized spacial score (nSPS) is 48.2. The highest BCUT2D eigenvalue weighted by Crippen LogP contribution is 2.66. The second-order valence-electron chi connectivity index (χ2n) is 4.27. The minimum atomic E-state index is 0.0208. The molecule has 0 amide bonds. The van der Waals surface area contributed by atoms with Crippen molar-refractivity contribution in [3.63, 3.8) is 0 Å². The van der Waals surface area contributed by atoms with Crippen LogP contribution in [0.4, 0.5) is 0 Å². The van der Waals surface area contributed by atoms with E-state index in [1.807, 2.05) is 0 Å². The second kappa shape index (κ2) is 1.88. The first-order chi connectivity index (χ1) is 5.11. The van der Waals surface area contributed by atoms with Gasteiger partial charge in [-0.1, -0.05) is 6.42 Å². The smallest absolute Gasteiger partial charge is 0.136 e. The lowest BCUT2D eigenvalue weighted by Crippen LogP contribution is -2.49. The van der Waals surface area contributed by atoms with E-state index in [0.717, 1.165) is 12.8 Å². The summed E-state index contributed by atoms with van der Waals surface area (Å²) < 4.78 is 0. The maximum atomic E-state index is 11.4. The number of hydrogen-bond acceptors (Lipinski definition) is 1. The van der Waals surface area contributed by atoms with E-state index in [0.29, 0.717) is 5.78 Å². The third-order valence-corrected chi connectivity index (χ3v) is 3.98. The van der Waals surface area contributed by atoms with Gasteiger partial charge in [0.05, 0.1) is 0 Å². The fraction of sp³-hybridized carbons (Fsp3) is 0.800. The predicted octanol–water partition coefficient (Wildman–Crippen LogP) is 2.36. The van der Waals surface area contributed by atoms with Crippen LogP contribution in [0, 0.1) is 17.8 Å². The van der Waals surface area contributed by atoms with Gasteiger partial charge in [-0.25, -0.2) is 0 Å². The molecule has 2 saturated carbocycles. The molecule has 1 heteroatoms. The van der Waals surface area contributed by atoms with Gasteiger partial charge in [0.1, 0.15) is 5.78 Å². The molecule has 0 aromatic carbocycles. The Morgan fingerprint density at radius 1 is 1.27 bits per heavy atom. The number of carbonyl (C=O) groups excluding carboxylic acids is 1. The van der Waals surface area contributed by atoms with E-state index in [-0.39, 0.29) is 10.8 Å². The Hall–Kier alpha value is -0.330. The van der Waals surface area contributed by atoms with Crippen molar-refractivity contribution >= 4 is 5.78 Å². The van der Waals surface area contributed by atoms with Crippen LogP contribution < -0.4 is 0 Å². The molecule has 0 N–H and O–H groups in total. The third kappa shape index (κ3) is 0.646. The van der Waals surface area contributed by atoms with E-state index >= 15 is 0 Å². The largest absolute Gasteiger partial charge is 0.299 e. The van der Waals surface area contributed by atoms with Crippen molar-refractivity contribution in [2.75, 3.05) is 0 Å². The number of Topliss-reactive ketones (excluding diaryl/α,β-unsaturated/α-hetero) is 1. The molecular weight excluding hydrogens is 136 g/mol. The minimum absolute atomic E-state index is 0.0208. The lowest BCUT2D eigenvalue weighted by molar-refractivity contribution is -0.140. The molecule has 1 nitrogen and oxygen atoms in total. The van der Waals surface area contributed by atoms with Crippen molar-refractivity contribution in [3.05, 3.63) is 6.92 Å². The van der Waals surface area contributed by atoms with Gasteiger partial charge in [-0.05, 0) is 44.9 Å². The Morgan fingerprint density at radius 3 is 2.27 bits per heavy atom. The Labute approximate surface area is 68.2 Å². The first-order valence-corrected chi connectivity index (χ1v) is 4.47. The summed E-state index contributed by atoms with van der Waals surface area (Å²) in [5.41, 5.74) is 0.172. The molecule has 0 heterocycles. The van der Waals surface area contributed by atoms with Crippen molar-refractivity contribution < 1.29 is 4.79 Å². The Bertz CT molecular complexity index is 209. The van der Waals surface area contributed by atoms with Crippen LogP contribution in [0.3, 0.4) is 0 Å². The molecule has 0 saturated heterocycles. The Morgan fingerprint density at radius 2 is 2.00 bits per heavy atom. The first-order valence-electron chi connectivity index (χ1n) is 4.47. The molecule has 2 fully saturated rings. The minimum Gasteiger partial charge on any atom is -0.299 e. The third-order valence-electron chi connectivity index (χ3n) is 3.98. The van der Waals surface area contributed by atoms with Crippen LogP contribution in [-0.4, -0.2) is 5.78 Å². The van der Waals surface area contributed by atoms with Gasteiger partial charge in [0, 0.05) is 5.41 Å². The number of fused-ring (bicyclic) bond motifs is 1. The molecule has 2 aliphatic carbocycles. The van der Waals surface area contributed by atoms with E-state index in [1.54, 1.807) is 6.92 Å². The molecule has 0 aliphatic heterocycles. The quantitative estimate of drug-likeness (QED) is 0.562. The highest BCUT2D eigenvalue weighted by molar-refractivity contribution is 5.85. The van der Waals surface area contributed by atoms with Crippen LogP contribution in [-0.2, 0) is 4.79 Å². The van der Waals surface area contributed by atoms with Crippen LogP contribution >= 0.6 is 0 Å². The van der Waals surface area contributed by atoms with Crippen LogP contribution in [0.5, 0.6) is 0 Å². The van der Waals surface area contributed by atoms with E-state index < -0.39 is 0 Å². The molecule has 0 bridgehead atoms. The molecule has 61 valence electrons. The van der Waals surface area contributed by atoms with Crippen molar-refractivity contribution in [3.8, 4) is 0 Å². The van der Waals surface area contributed by atoms with Crippen molar-refractivity contribution in [2.45, 2.75) is 39.0 Å². The van der Waals surface area contributed by atoms with Crippen molar-refractivity contribution in [1.29, 1.82) is 0 Å². The lowest BCUT2D eigenvalue weighted by atomic mass is 9.50. The fourth-order valence-corrected chi connectivity index (χ4v) is 2.99. The van der Waals surface area contributed by atoms with Crippen LogP contribution in [0.15, 0.2) is 0 Å². The van der Waals surface area contributed by atoms with E-state index in [2.05, 4.69) is 6.92 Å². The van der Waals surface area contributed by atoms with Gasteiger partial charge in [0.15, 0.2) is 0 Å². The summed E-state index contributed by atoms with van der Waals surface area (Å²) in [6, 6.07) is 0. The summed E-state index contributed by atoms with van der Waals surface area (Å²) in [5, 5.41) is 0. The fourth-order valence-electron chi connectivity index (χ4n) is 2.99. The van der Waals surface area contributed by atoms with E-state index in [4.69, 9.17) is 0 Å². The maximum absolute atomic E-state index is 11.4. The summed E-state index contributed by atoms with van der Waals surface area (Å²) in [7, 11) is 0. The van der Waals surface area contributed by atoms with Gasteiger partial charge < -0.3 is 0 Å². The number of ketones is 1. The number of hydrogen-bond donors (Lipinski definition) is 0. The zero-order valence-electron chi connectivity index (χ0n) is 7.15. The molecule has 2 rings (SSSR count). The van der Waals surface area contributed by atoms with Gasteiger partial charge in [-0.3, -0.25) is 4.79 Å². The molecule has 0 aromatic rings. The molecule has 0 spiro atoms. The molecule has 0 aromatic heterocycles. The summed E-state index contributed by atoms with van der Waals surface area (Å²) in [6.45, 7) is 5.95. The number of rotatable bonds is 1. The van der Waals surface area contributed by atoms with Gasteiger partial charge in [0.2, 0.25) is 0 Å². The summed E-state index contributed by atoms with van der Waals surface area (Å²) in [4.78, 5) is 11.4. The maximum Gasteiger partial charge on any atom is 0.136 e. The molecule has 1 radical (unpaired) electrons. The van der Waals surface area contributed by atoms with Crippen LogP contribution in [0.1, 0.15) is 39.0 Å². The standard InChI is InChI=1S/C10H15O/c1-8(11)10-5-3-4-9(10,2)6-7-10/h2-7H2,1H3/t9-,10+/m1/s1. The summed E-state index contributed by atoms with van der Waals surface area (Å²) >= 11 is 0. The Balaban J connectivity index is 2.32. The highest BCUT2D eigenvalue weighted by Gasteiger charge is 2.61. The molecule has 2 aliphatic rings. The van der Waals surface area contributed by atoms with Gasteiger partial charge in [0.25, 0.3) is 0 Å². The SMILES string of the molecule is [CH2][C@]12CCC[C@@]1(C(C)=O)CC2. The summed E-state index contributed by atoms with van der Waals surface area (Å²) in [5.74, 6) is 0.385. The van der Waals surface area contributed by atoms with Crippen molar-refractivity contribution in [2.24, 2.45) is 10.8 Å². The molecule has 11 heavy (non-hydrogen) atoms. The van der Waals surface area contributed by atoms with E-state index in [1.165, 1.54) is 19.3 Å². The Kier molecular flexibility index (Phi) is 1.25. The van der Waals surface area contributed by atoms with Crippen LogP contribution in [0.25, 0.3) is 0 Å². The van der Waals surface area contributed by atoms with Gasteiger partial charge in [-0.15, -0.1) is 0 Å². The monoisotopic (exact) mass is 151 g/mol. The first kappa shape index (κ1) is 7.33. The van der Waals surface area contributed by atoms with Gasteiger partial charge >= 0.3 is 0 Å². The predicted molar refractivity (Wildman–Crippen MR) is 44.0 cm³/mol. The molecule has 0 unspecified atom stereocenters. The van der Waals surface area contributed by atoms with Crippen molar-refractivity contribution in [1.82, 2.24) is 0 Å². The molecular formula is C10H15O. The van der Waals surface area contributed by atoms with E-state index in [9.17, 15) is 4.79 Å².